The number of ketones is 2. The number of amides is 1. The van der Waals surface area contributed by atoms with Gasteiger partial charge in [0.1, 0.15) is 5.78 Å². The lowest BCUT2D eigenvalue weighted by molar-refractivity contribution is -0.133. The molecule has 122 valence electrons. The highest BCUT2D eigenvalue weighted by Crippen LogP contribution is 2.28. The van der Waals surface area contributed by atoms with Crippen molar-refractivity contribution in [1.82, 2.24) is 10.6 Å². The minimum atomic E-state index is -0.544. The number of rotatable bonds is 4. The Bertz CT molecular complexity index is 519. The molecule has 6 heteroatoms. The minimum absolute atomic E-state index is 0.0476. The molecule has 2 aliphatic rings. The smallest absolute Gasteiger partial charge is 0.264 e. The Morgan fingerprint density at radius 1 is 1.18 bits per heavy atom. The molecule has 0 aromatic heterocycles. The van der Waals surface area contributed by atoms with Crippen LogP contribution in [0.2, 0.25) is 0 Å². The summed E-state index contributed by atoms with van der Waals surface area (Å²) >= 11 is 0. The molecule has 2 aliphatic heterocycles. The molecule has 0 aromatic rings. The number of piperidine rings is 1. The fourth-order valence-electron chi connectivity index (χ4n) is 3.16. The van der Waals surface area contributed by atoms with Crippen LogP contribution in [0.1, 0.15) is 33.6 Å². The molecule has 6 nitrogen and oxygen atoms in total. The van der Waals surface area contributed by atoms with Crippen LogP contribution in [0.25, 0.3) is 0 Å². The molecule has 0 aliphatic carbocycles. The molecule has 4 N–H and O–H groups in total. The Hall–Kier alpha value is -1.69. The van der Waals surface area contributed by atoms with Gasteiger partial charge in [0.05, 0.1) is 11.7 Å². The van der Waals surface area contributed by atoms with Crippen LogP contribution in [-0.4, -0.2) is 36.6 Å². The van der Waals surface area contributed by atoms with E-state index in [9.17, 15) is 14.4 Å². The predicted octanol–water partition coefficient (Wildman–Crippen LogP) is 0.128. The Kier molecular flexibility index (Phi) is 4.70. The fourth-order valence-corrected chi connectivity index (χ4v) is 3.16. The molecule has 2 rings (SSSR count). The van der Waals surface area contributed by atoms with E-state index in [2.05, 4.69) is 10.6 Å². The quantitative estimate of drug-likeness (QED) is 0.685. The summed E-state index contributed by atoms with van der Waals surface area (Å²) in [7, 11) is 0. The maximum absolute atomic E-state index is 12.6. The van der Waals surface area contributed by atoms with E-state index < -0.39 is 17.4 Å². The summed E-state index contributed by atoms with van der Waals surface area (Å²) in [6.45, 7) is 6.92. The van der Waals surface area contributed by atoms with E-state index in [0.717, 1.165) is 0 Å². The second-order valence-electron chi connectivity index (χ2n) is 7.22. The summed E-state index contributed by atoms with van der Waals surface area (Å²) in [5, 5.41) is 6.08. The van der Waals surface area contributed by atoms with Crippen LogP contribution >= 0.6 is 0 Å². The number of hydrogen-bond donors (Lipinski definition) is 3. The van der Waals surface area contributed by atoms with E-state index in [1.54, 1.807) is 6.08 Å². The average Bonchev–Trinajstić information content (AvgIpc) is 2.95. The Balaban J connectivity index is 1.97. The van der Waals surface area contributed by atoms with Gasteiger partial charge in [0.15, 0.2) is 5.78 Å². The van der Waals surface area contributed by atoms with Crippen LogP contribution in [0, 0.1) is 17.3 Å². The first-order chi connectivity index (χ1) is 10.2. The number of hydrogen-bond acceptors (Lipinski definition) is 5. The van der Waals surface area contributed by atoms with Crippen LogP contribution in [-0.2, 0) is 14.4 Å². The van der Waals surface area contributed by atoms with Gasteiger partial charge in [-0.3, -0.25) is 14.4 Å². The van der Waals surface area contributed by atoms with Gasteiger partial charge >= 0.3 is 0 Å². The highest BCUT2D eigenvalue weighted by molar-refractivity contribution is 5.95. The lowest BCUT2D eigenvalue weighted by atomic mass is 9.76. The molecule has 1 fully saturated rings. The molecular formula is C16H25N3O3. The van der Waals surface area contributed by atoms with Crippen molar-refractivity contribution < 1.29 is 14.4 Å². The molecule has 22 heavy (non-hydrogen) atoms. The SMILES string of the molecule is CC(C)(C)C(=O)C1CNCC(C(=O)C2CC=C(C(N)=O)N2)C1. The molecule has 0 bridgehead atoms. The first-order valence-corrected chi connectivity index (χ1v) is 7.75. The van der Waals surface area contributed by atoms with Crippen molar-refractivity contribution in [1.29, 1.82) is 0 Å². The largest absolute Gasteiger partial charge is 0.371 e. The van der Waals surface area contributed by atoms with Crippen molar-refractivity contribution in [3.8, 4) is 0 Å². The van der Waals surface area contributed by atoms with Gasteiger partial charge in [-0.05, 0) is 12.8 Å². The lowest BCUT2D eigenvalue weighted by Gasteiger charge is -2.33. The van der Waals surface area contributed by atoms with Crippen LogP contribution in [0.15, 0.2) is 11.8 Å². The molecule has 1 saturated heterocycles. The van der Waals surface area contributed by atoms with Crippen molar-refractivity contribution in [3.63, 3.8) is 0 Å². The fraction of sp³-hybridized carbons (Fsp3) is 0.688. The van der Waals surface area contributed by atoms with Crippen LogP contribution in [0.5, 0.6) is 0 Å². The third kappa shape index (κ3) is 3.55. The van der Waals surface area contributed by atoms with Crippen molar-refractivity contribution in [3.05, 3.63) is 11.8 Å². The molecule has 0 aromatic carbocycles. The van der Waals surface area contributed by atoms with Crippen LogP contribution < -0.4 is 16.4 Å². The zero-order chi connectivity index (χ0) is 16.5. The van der Waals surface area contributed by atoms with E-state index in [1.165, 1.54) is 0 Å². The molecule has 1 amide bonds. The van der Waals surface area contributed by atoms with Crippen LogP contribution in [0.3, 0.4) is 0 Å². The van der Waals surface area contributed by atoms with Crippen molar-refractivity contribution >= 4 is 17.5 Å². The first-order valence-electron chi connectivity index (χ1n) is 7.75. The summed E-state index contributed by atoms with van der Waals surface area (Å²) < 4.78 is 0. The topological polar surface area (TPSA) is 101 Å². The highest BCUT2D eigenvalue weighted by atomic mass is 16.1. The second-order valence-corrected chi connectivity index (χ2v) is 7.22. The van der Waals surface area contributed by atoms with Gasteiger partial charge in [-0.1, -0.05) is 26.8 Å². The molecule has 3 atom stereocenters. The Morgan fingerprint density at radius 2 is 1.82 bits per heavy atom. The number of primary amides is 1. The lowest BCUT2D eigenvalue weighted by Crippen LogP contribution is -2.49. The van der Waals surface area contributed by atoms with Gasteiger partial charge < -0.3 is 16.4 Å². The molecule has 0 spiro atoms. The Labute approximate surface area is 130 Å². The van der Waals surface area contributed by atoms with E-state index >= 15 is 0 Å². The van der Waals surface area contributed by atoms with Gasteiger partial charge in [-0.2, -0.15) is 0 Å². The molecule has 0 saturated carbocycles. The summed E-state index contributed by atoms with van der Waals surface area (Å²) in [4.78, 5) is 36.1. The first kappa shape index (κ1) is 16.7. The zero-order valence-corrected chi connectivity index (χ0v) is 13.4. The average molecular weight is 307 g/mol. The number of carbonyl (C=O) groups is 3. The molecule has 3 unspecified atom stereocenters. The maximum atomic E-state index is 12.6. The standard InChI is InChI=1S/C16H25N3O3/c1-16(2,3)14(21)10-6-9(7-18-8-10)13(20)11-4-5-12(19-11)15(17)22/h5,9-11,18-19H,4,6-8H2,1-3H3,(H2,17,22). The summed E-state index contributed by atoms with van der Waals surface area (Å²) in [6, 6.07) is -0.405. The molecule has 0 radical (unpaired) electrons. The number of Topliss-reactive ketones (excluding diaryl/α,β-unsaturated/α-hetero) is 2. The normalized spacial score (nSPS) is 28.7. The van der Waals surface area contributed by atoms with Gasteiger partial charge in [0.25, 0.3) is 5.91 Å². The highest BCUT2D eigenvalue weighted by Gasteiger charge is 2.38. The monoisotopic (exact) mass is 307 g/mol. The number of nitrogens with one attached hydrogen (secondary N) is 2. The third-order valence-electron chi connectivity index (χ3n) is 4.36. The summed E-state index contributed by atoms with van der Waals surface area (Å²) in [6.07, 6.45) is 2.72. The van der Waals surface area contributed by atoms with Crippen LogP contribution in [0.4, 0.5) is 0 Å². The molecule has 2 heterocycles. The summed E-state index contributed by atoms with van der Waals surface area (Å²) in [5.41, 5.74) is 5.12. The van der Waals surface area contributed by atoms with E-state index in [-0.39, 0.29) is 23.4 Å². The third-order valence-corrected chi connectivity index (χ3v) is 4.36. The second kappa shape index (κ2) is 6.20. The minimum Gasteiger partial charge on any atom is -0.371 e. The van der Waals surface area contributed by atoms with E-state index in [1.807, 2.05) is 20.8 Å². The van der Waals surface area contributed by atoms with Crippen molar-refractivity contribution in [2.45, 2.75) is 39.7 Å². The molecular weight excluding hydrogens is 282 g/mol. The van der Waals surface area contributed by atoms with Crippen molar-refractivity contribution in [2.24, 2.45) is 23.0 Å². The zero-order valence-electron chi connectivity index (χ0n) is 13.4. The van der Waals surface area contributed by atoms with Gasteiger partial charge in [0.2, 0.25) is 0 Å². The summed E-state index contributed by atoms with van der Waals surface area (Å²) in [5.74, 6) is -0.645. The van der Waals surface area contributed by atoms with Gasteiger partial charge in [-0.25, -0.2) is 0 Å². The van der Waals surface area contributed by atoms with E-state index in [0.29, 0.717) is 31.6 Å². The van der Waals surface area contributed by atoms with E-state index in [4.69, 9.17) is 5.73 Å². The van der Waals surface area contributed by atoms with Gasteiger partial charge in [0, 0.05) is 30.3 Å². The number of nitrogens with two attached hydrogens (primary N) is 1. The van der Waals surface area contributed by atoms with Gasteiger partial charge in [-0.15, -0.1) is 0 Å². The maximum Gasteiger partial charge on any atom is 0.264 e. The predicted molar refractivity (Wildman–Crippen MR) is 82.8 cm³/mol. The number of carbonyl (C=O) groups excluding carboxylic acids is 3. The Morgan fingerprint density at radius 3 is 2.36 bits per heavy atom. The van der Waals surface area contributed by atoms with Crippen molar-refractivity contribution in [2.75, 3.05) is 13.1 Å².